The van der Waals surface area contributed by atoms with E-state index >= 15 is 0 Å². The minimum absolute atomic E-state index is 0.476. The SMILES string of the molecule is Cn1nccc1CNc1ccc(C(F)(F)F)nc1. The van der Waals surface area contributed by atoms with Crippen LogP contribution in [0.15, 0.2) is 30.6 Å². The van der Waals surface area contributed by atoms with Crippen LogP contribution >= 0.6 is 0 Å². The van der Waals surface area contributed by atoms with E-state index in [4.69, 9.17) is 0 Å². The van der Waals surface area contributed by atoms with E-state index in [1.165, 1.54) is 12.3 Å². The van der Waals surface area contributed by atoms with Crippen molar-refractivity contribution in [3.05, 3.63) is 42.0 Å². The predicted molar refractivity (Wildman–Crippen MR) is 59.8 cm³/mol. The summed E-state index contributed by atoms with van der Waals surface area (Å²) in [6, 6.07) is 4.13. The molecule has 7 heteroatoms. The van der Waals surface area contributed by atoms with Crippen molar-refractivity contribution < 1.29 is 13.2 Å². The molecule has 0 bridgehead atoms. The van der Waals surface area contributed by atoms with Gasteiger partial charge in [-0.1, -0.05) is 0 Å². The second-order valence-corrected chi connectivity index (χ2v) is 3.73. The molecule has 0 aromatic carbocycles. The Balaban J connectivity index is 2.01. The highest BCUT2D eigenvalue weighted by molar-refractivity contribution is 5.41. The van der Waals surface area contributed by atoms with Crippen LogP contribution in [0.1, 0.15) is 11.4 Å². The number of nitrogens with zero attached hydrogens (tertiary/aromatic N) is 3. The molecule has 2 rings (SSSR count). The molecule has 0 radical (unpaired) electrons. The van der Waals surface area contributed by atoms with Gasteiger partial charge in [-0.2, -0.15) is 18.3 Å². The molecule has 0 spiro atoms. The highest BCUT2D eigenvalue weighted by atomic mass is 19.4. The van der Waals surface area contributed by atoms with Gasteiger partial charge in [-0.05, 0) is 18.2 Å². The summed E-state index contributed by atoms with van der Waals surface area (Å²) in [5.41, 5.74) is 0.563. The largest absolute Gasteiger partial charge is 0.433 e. The third kappa shape index (κ3) is 2.79. The number of hydrogen-bond acceptors (Lipinski definition) is 3. The van der Waals surface area contributed by atoms with Crippen LogP contribution in [0.4, 0.5) is 18.9 Å². The first-order chi connectivity index (χ1) is 8.47. The molecule has 0 aliphatic rings. The molecule has 0 atom stereocenters. The van der Waals surface area contributed by atoms with Crippen molar-refractivity contribution in [3.8, 4) is 0 Å². The summed E-state index contributed by atoms with van der Waals surface area (Å²) in [5, 5.41) is 6.96. The molecule has 0 aliphatic carbocycles. The van der Waals surface area contributed by atoms with Crippen LogP contribution < -0.4 is 5.32 Å². The average molecular weight is 256 g/mol. The standard InChI is InChI=1S/C11H11F3N4/c1-18-9(4-5-17-18)7-15-8-2-3-10(16-6-8)11(12,13)14/h2-6,15H,7H2,1H3. The highest BCUT2D eigenvalue weighted by Crippen LogP contribution is 2.27. The van der Waals surface area contributed by atoms with Gasteiger partial charge >= 0.3 is 6.18 Å². The van der Waals surface area contributed by atoms with Gasteiger partial charge in [0.25, 0.3) is 0 Å². The van der Waals surface area contributed by atoms with Gasteiger partial charge in [0.2, 0.25) is 0 Å². The third-order valence-corrected chi connectivity index (χ3v) is 2.45. The molecule has 1 N–H and O–H groups in total. The van der Waals surface area contributed by atoms with Gasteiger partial charge in [0, 0.05) is 13.2 Å². The minimum atomic E-state index is -4.40. The zero-order chi connectivity index (χ0) is 13.2. The number of hydrogen-bond donors (Lipinski definition) is 1. The summed E-state index contributed by atoms with van der Waals surface area (Å²) in [6.45, 7) is 0.476. The van der Waals surface area contributed by atoms with E-state index in [0.29, 0.717) is 12.2 Å². The molecule has 18 heavy (non-hydrogen) atoms. The quantitative estimate of drug-likeness (QED) is 0.917. The molecule has 2 heterocycles. The van der Waals surface area contributed by atoms with E-state index in [1.807, 2.05) is 6.07 Å². The Morgan fingerprint density at radius 3 is 2.56 bits per heavy atom. The van der Waals surface area contributed by atoms with Crippen molar-refractivity contribution in [2.75, 3.05) is 5.32 Å². The van der Waals surface area contributed by atoms with Crippen LogP contribution in [0, 0.1) is 0 Å². The maximum Gasteiger partial charge on any atom is 0.433 e. The van der Waals surface area contributed by atoms with Crippen LogP contribution in [0.25, 0.3) is 0 Å². The molecule has 0 amide bonds. The fraction of sp³-hybridized carbons (Fsp3) is 0.273. The van der Waals surface area contributed by atoms with Crippen LogP contribution in [-0.4, -0.2) is 14.8 Å². The Morgan fingerprint density at radius 1 is 1.28 bits per heavy atom. The zero-order valence-electron chi connectivity index (χ0n) is 9.57. The average Bonchev–Trinajstić information content (AvgIpc) is 2.72. The fourth-order valence-corrected chi connectivity index (χ4v) is 1.43. The van der Waals surface area contributed by atoms with E-state index in [9.17, 15) is 13.2 Å². The monoisotopic (exact) mass is 256 g/mol. The van der Waals surface area contributed by atoms with Crippen LogP contribution in [0.3, 0.4) is 0 Å². The number of nitrogens with one attached hydrogen (secondary N) is 1. The Hall–Kier alpha value is -2.05. The minimum Gasteiger partial charge on any atom is -0.378 e. The molecule has 0 fully saturated rings. The van der Waals surface area contributed by atoms with Crippen LogP contribution in [-0.2, 0) is 19.8 Å². The molecule has 2 aromatic heterocycles. The Morgan fingerprint density at radius 2 is 2.06 bits per heavy atom. The molecule has 0 aliphatic heterocycles. The van der Waals surface area contributed by atoms with Crippen molar-refractivity contribution in [1.29, 1.82) is 0 Å². The summed E-state index contributed by atoms with van der Waals surface area (Å²) in [4.78, 5) is 3.36. The van der Waals surface area contributed by atoms with Crippen molar-refractivity contribution >= 4 is 5.69 Å². The molecular weight excluding hydrogens is 245 g/mol. The molecule has 96 valence electrons. The topological polar surface area (TPSA) is 42.7 Å². The summed E-state index contributed by atoms with van der Waals surface area (Å²) in [6.07, 6.45) is -1.58. The van der Waals surface area contributed by atoms with Crippen molar-refractivity contribution in [2.45, 2.75) is 12.7 Å². The van der Waals surface area contributed by atoms with Gasteiger partial charge in [0.05, 0.1) is 24.1 Å². The maximum absolute atomic E-state index is 12.3. The number of pyridine rings is 1. The molecule has 0 saturated heterocycles. The van der Waals surface area contributed by atoms with Gasteiger partial charge in [-0.15, -0.1) is 0 Å². The number of aryl methyl sites for hydroxylation is 1. The lowest BCUT2D eigenvalue weighted by Gasteiger charge is -2.08. The first-order valence-corrected chi connectivity index (χ1v) is 5.21. The smallest absolute Gasteiger partial charge is 0.378 e. The fourth-order valence-electron chi connectivity index (χ4n) is 1.43. The Kier molecular flexibility index (Phi) is 3.22. The second-order valence-electron chi connectivity index (χ2n) is 3.73. The lowest BCUT2D eigenvalue weighted by atomic mass is 10.3. The third-order valence-electron chi connectivity index (χ3n) is 2.45. The second kappa shape index (κ2) is 4.67. The summed E-state index contributed by atoms with van der Waals surface area (Å²) >= 11 is 0. The highest BCUT2D eigenvalue weighted by Gasteiger charge is 2.31. The maximum atomic E-state index is 12.3. The van der Waals surface area contributed by atoms with Gasteiger partial charge in [0.15, 0.2) is 0 Å². The van der Waals surface area contributed by atoms with Gasteiger partial charge in [-0.25, -0.2) is 4.98 Å². The lowest BCUT2D eigenvalue weighted by Crippen LogP contribution is -2.09. The van der Waals surface area contributed by atoms with E-state index in [-0.39, 0.29) is 0 Å². The summed E-state index contributed by atoms with van der Waals surface area (Å²) < 4.78 is 38.5. The Labute approximate surface area is 101 Å². The van der Waals surface area contributed by atoms with Crippen molar-refractivity contribution in [1.82, 2.24) is 14.8 Å². The van der Waals surface area contributed by atoms with E-state index < -0.39 is 11.9 Å². The molecule has 0 unspecified atom stereocenters. The number of rotatable bonds is 3. The summed E-state index contributed by atoms with van der Waals surface area (Å²) in [7, 11) is 1.79. The number of anilines is 1. The molecule has 4 nitrogen and oxygen atoms in total. The van der Waals surface area contributed by atoms with E-state index in [1.54, 1.807) is 17.9 Å². The number of alkyl halides is 3. The first kappa shape index (κ1) is 12.4. The molecule has 0 saturated carbocycles. The lowest BCUT2D eigenvalue weighted by molar-refractivity contribution is -0.141. The zero-order valence-corrected chi connectivity index (χ0v) is 9.57. The van der Waals surface area contributed by atoms with Crippen molar-refractivity contribution in [3.63, 3.8) is 0 Å². The predicted octanol–water partition coefficient (Wildman–Crippen LogP) is 2.45. The first-order valence-electron chi connectivity index (χ1n) is 5.21. The molecular formula is C11H11F3N4. The normalized spacial score (nSPS) is 11.6. The van der Waals surface area contributed by atoms with Crippen LogP contribution in [0.2, 0.25) is 0 Å². The van der Waals surface area contributed by atoms with Gasteiger partial charge < -0.3 is 5.32 Å². The number of aromatic nitrogens is 3. The Bertz CT molecular complexity index is 516. The van der Waals surface area contributed by atoms with Crippen LogP contribution in [0.5, 0.6) is 0 Å². The van der Waals surface area contributed by atoms with Crippen molar-refractivity contribution in [2.24, 2.45) is 7.05 Å². The van der Waals surface area contributed by atoms with Gasteiger partial charge in [-0.3, -0.25) is 4.68 Å². The van der Waals surface area contributed by atoms with E-state index in [2.05, 4.69) is 15.4 Å². The summed E-state index contributed by atoms with van der Waals surface area (Å²) in [5.74, 6) is 0. The molecule has 2 aromatic rings. The van der Waals surface area contributed by atoms with E-state index in [0.717, 1.165) is 11.8 Å². The van der Waals surface area contributed by atoms with Gasteiger partial charge in [0.1, 0.15) is 5.69 Å². The number of halogens is 3.